The number of rotatable bonds is 5. The number of ether oxygens (including phenoxy) is 1. The molecule has 3 rings (SSSR count). The summed E-state index contributed by atoms with van der Waals surface area (Å²) in [5.41, 5.74) is 3.82. The van der Waals surface area contributed by atoms with Crippen LogP contribution < -0.4 is 4.74 Å². The Morgan fingerprint density at radius 3 is 1.82 bits per heavy atom. The number of benzene rings is 2. The van der Waals surface area contributed by atoms with Crippen LogP contribution in [0.4, 0.5) is 0 Å². The second kappa shape index (κ2) is 7.77. The fraction of sp³-hybridized carbons (Fsp3) is 0.417. The molecule has 0 aliphatic carbocycles. The quantitative estimate of drug-likeness (QED) is 0.479. The van der Waals surface area contributed by atoms with Crippen molar-refractivity contribution in [3.8, 4) is 5.75 Å². The number of hydrogen-bond donors (Lipinski definition) is 0. The fourth-order valence-electron chi connectivity index (χ4n) is 3.57. The molecule has 2 aromatic carbocycles. The monoisotopic (exact) mass is 378 g/mol. The van der Waals surface area contributed by atoms with Gasteiger partial charge in [-0.2, -0.15) is 0 Å². The average Bonchev–Trinajstić information content (AvgIpc) is 2.87. The van der Waals surface area contributed by atoms with E-state index in [9.17, 15) is 0 Å². The number of hydrogen-bond acceptors (Lipinski definition) is 3. The standard InChI is InChI=1S/C24H31BO3/c1-17(2)21(18-11-9-8-10-12-18)22(19-13-15-20(26-7)16-14-19)25-27-23(3,4)24(5,6)28-25/h8-17H,1-7H3/b22-21-. The van der Waals surface area contributed by atoms with E-state index in [-0.39, 0.29) is 0 Å². The minimum Gasteiger partial charge on any atom is -0.497 e. The molecule has 3 nitrogen and oxygen atoms in total. The van der Waals surface area contributed by atoms with Gasteiger partial charge in [-0.1, -0.05) is 56.3 Å². The van der Waals surface area contributed by atoms with Crippen molar-refractivity contribution in [1.29, 1.82) is 0 Å². The Morgan fingerprint density at radius 2 is 1.36 bits per heavy atom. The van der Waals surface area contributed by atoms with Crippen molar-refractivity contribution in [2.45, 2.75) is 52.7 Å². The Labute approximate surface area is 169 Å². The molecule has 0 radical (unpaired) electrons. The van der Waals surface area contributed by atoms with Crippen LogP contribution in [0.1, 0.15) is 52.7 Å². The highest BCUT2D eigenvalue weighted by molar-refractivity contribution is 6.71. The summed E-state index contributed by atoms with van der Waals surface area (Å²) in [6.45, 7) is 12.8. The third-order valence-electron chi connectivity index (χ3n) is 5.84. The van der Waals surface area contributed by atoms with Crippen LogP contribution in [-0.2, 0) is 9.31 Å². The molecule has 2 aromatic rings. The van der Waals surface area contributed by atoms with Gasteiger partial charge in [-0.25, -0.2) is 0 Å². The molecule has 0 N–H and O–H groups in total. The van der Waals surface area contributed by atoms with Crippen molar-refractivity contribution < 1.29 is 14.0 Å². The van der Waals surface area contributed by atoms with Gasteiger partial charge in [0.2, 0.25) is 0 Å². The number of methoxy groups -OCH3 is 1. The van der Waals surface area contributed by atoms with Crippen LogP contribution in [0.15, 0.2) is 54.6 Å². The van der Waals surface area contributed by atoms with Crippen molar-refractivity contribution in [3.05, 3.63) is 65.7 Å². The second-order valence-corrected chi connectivity index (χ2v) is 8.66. The van der Waals surface area contributed by atoms with Gasteiger partial charge in [-0.15, -0.1) is 0 Å². The molecule has 4 heteroatoms. The van der Waals surface area contributed by atoms with E-state index in [4.69, 9.17) is 14.0 Å². The summed E-state index contributed by atoms with van der Waals surface area (Å²) in [5, 5.41) is 0. The van der Waals surface area contributed by atoms with E-state index in [0.29, 0.717) is 5.92 Å². The first-order valence-corrected chi connectivity index (χ1v) is 9.96. The van der Waals surface area contributed by atoms with Crippen LogP contribution in [0.5, 0.6) is 5.75 Å². The van der Waals surface area contributed by atoms with E-state index >= 15 is 0 Å². The van der Waals surface area contributed by atoms with E-state index in [1.165, 1.54) is 11.1 Å². The summed E-state index contributed by atoms with van der Waals surface area (Å²) in [6, 6.07) is 18.7. The molecule has 0 atom stereocenters. The van der Waals surface area contributed by atoms with E-state index in [1.807, 2.05) is 18.2 Å². The van der Waals surface area contributed by atoms with E-state index in [0.717, 1.165) is 16.8 Å². The van der Waals surface area contributed by atoms with Crippen molar-refractivity contribution in [2.75, 3.05) is 7.11 Å². The van der Waals surface area contributed by atoms with Crippen LogP contribution in [0.3, 0.4) is 0 Å². The van der Waals surface area contributed by atoms with Crippen molar-refractivity contribution >= 4 is 18.2 Å². The van der Waals surface area contributed by atoms with Gasteiger partial charge in [0.05, 0.1) is 18.3 Å². The predicted octanol–water partition coefficient (Wildman–Crippen LogP) is 5.89. The van der Waals surface area contributed by atoms with Crippen LogP contribution in [0.2, 0.25) is 0 Å². The minimum absolute atomic E-state index is 0.304. The zero-order valence-electron chi connectivity index (χ0n) is 18.1. The molecule has 1 aliphatic rings. The zero-order chi connectivity index (χ0) is 20.5. The summed E-state index contributed by atoms with van der Waals surface area (Å²) in [5.74, 6) is 1.14. The SMILES string of the molecule is COc1ccc(/C(B2OC(C)(C)C(C)(C)O2)=C(/c2ccccc2)C(C)C)cc1. The fourth-order valence-corrected chi connectivity index (χ4v) is 3.57. The van der Waals surface area contributed by atoms with Crippen LogP contribution >= 0.6 is 0 Å². The Kier molecular flexibility index (Phi) is 5.74. The Hall–Kier alpha value is -2.04. The summed E-state index contributed by atoms with van der Waals surface area (Å²) < 4.78 is 18.3. The largest absolute Gasteiger partial charge is 0.497 e. The molecule has 28 heavy (non-hydrogen) atoms. The maximum atomic E-state index is 6.48. The molecule has 0 amide bonds. The van der Waals surface area contributed by atoms with Crippen molar-refractivity contribution in [3.63, 3.8) is 0 Å². The topological polar surface area (TPSA) is 27.7 Å². The summed E-state index contributed by atoms with van der Waals surface area (Å²) in [7, 11) is 1.25. The summed E-state index contributed by atoms with van der Waals surface area (Å²) >= 11 is 0. The van der Waals surface area contributed by atoms with Gasteiger partial charge in [0.25, 0.3) is 0 Å². The highest BCUT2D eigenvalue weighted by Gasteiger charge is 2.53. The first-order valence-electron chi connectivity index (χ1n) is 9.96. The zero-order valence-corrected chi connectivity index (χ0v) is 18.1. The lowest BCUT2D eigenvalue weighted by molar-refractivity contribution is 0.00578. The molecule has 148 valence electrons. The number of allylic oxidation sites excluding steroid dienone is 1. The normalized spacial score (nSPS) is 18.9. The Balaban J connectivity index is 2.21. The molecule has 0 saturated carbocycles. The van der Waals surface area contributed by atoms with Gasteiger partial charge in [0, 0.05) is 0 Å². The highest BCUT2D eigenvalue weighted by Crippen LogP contribution is 2.44. The molecule has 0 spiro atoms. The van der Waals surface area contributed by atoms with Gasteiger partial charge in [-0.05, 0) is 67.9 Å². The predicted molar refractivity (Wildman–Crippen MR) is 117 cm³/mol. The van der Waals surface area contributed by atoms with Gasteiger partial charge in [0.15, 0.2) is 0 Å². The molecule has 0 unspecified atom stereocenters. The lowest BCUT2D eigenvalue weighted by atomic mass is 9.68. The molecule has 1 saturated heterocycles. The average molecular weight is 378 g/mol. The van der Waals surface area contributed by atoms with E-state index in [2.05, 4.69) is 77.9 Å². The molecule has 1 heterocycles. The van der Waals surface area contributed by atoms with Gasteiger partial charge in [-0.3, -0.25) is 0 Å². The molecule has 0 aromatic heterocycles. The Bertz CT molecular complexity index is 820. The third-order valence-corrected chi connectivity index (χ3v) is 5.84. The molecule has 1 fully saturated rings. The van der Waals surface area contributed by atoms with Crippen LogP contribution in [0.25, 0.3) is 11.0 Å². The minimum atomic E-state index is -0.434. The van der Waals surface area contributed by atoms with Gasteiger partial charge in [0.1, 0.15) is 5.75 Å². The van der Waals surface area contributed by atoms with Crippen molar-refractivity contribution in [2.24, 2.45) is 5.92 Å². The third kappa shape index (κ3) is 3.89. The second-order valence-electron chi connectivity index (χ2n) is 8.66. The molecular weight excluding hydrogens is 347 g/mol. The smallest absolute Gasteiger partial charge is 0.495 e. The van der Waals surface area contributed by atoms with Crippen LogP contribution in [-0.4, -0.2) is 25.4 Å². The molecule has 1 aliphatic heterocycles. The van der Waals surface area contributed by atoms with Gasteiger partial charge < -0.3 is 14.0 Å². The highest BCUT2D eigenvalue weighted by atomic mass is 16.7. The maximum absolute atomic E-state index is 6.48. The van der Waals surface area contributed by atoms with Gasteiger partial charge >= 0.3 is 7.12 Å². The van der Waals surface area contributed by atoms with E-state index < -0.39 is 18.3 Å². The summed E-state index contributed by atoms with van der Waals surface area (Å²) in [4.78, 5) is 0. The van der Waals surface area contributed by atoms with E-state index in [1.54, 1.807) is 7.11 Å². The first-order chi connectivity index (χ1) is 13.2. The lowest BCUT2D eigenvalue weighted by Crippen LogP contribution is -2.41. The van der Waals surface area contributed by atoms with Crippen LogP contribution in [0, 0.1) is 5.92 Å². The summed E-state index contributed by atoms with van der Waals surface area (Å²) in [6.07, 6.45) is 0. The lowest BCUT2D eigenvalue weighted by Gasteiger charge is -2.32. The van der Waals surface area contributed by atoms with Crippen molar-refractivity contribution in [1.82, 2.24) is 0 Å². The first kappa shape index (κ1) is 20.7. The maximum Gasteiger partial charge on any atom is 0.495 e. The molecular formula is C24H31BO3. The Morgan fingerprint density at radius 1 is 0.821 bits per heavy atom. The molecule has 0 bridgehead atoms.